The summed E-state index contributed by atoms with van der Waals surface area (Å²) in [6.07, 6.45) is 3.84. The van der Waals surface area contributed by atoms with Gasteiger partial charge in [-0.05, 0) is 78.2 Å². The van der Waals surface area contributed by atoms with Crippen LogP contribution < -0.4 is 14.4 Å². The fourth-order valence-electron chi connectivity index (χ4n) is 4.74. The van der Waals surface area contributed by atoms with Gasteiger partial charge >= 0.3 is 0 Å². The van der Waals surface area contributed by atoms with Gasteiger partial charge in [-0.15, -0.1) is 0 Å². The van der Waals surface area contributed by atoms with Crippen molar-refractivity contribution in [3.05, 3.63) is 96.1 Å². The smallest absolute Gasteiger partial charge is 0.232 e. The minimum atomic E-state index is -3.52. The van der Waals surface area contributed by atoms with Crippen LogP contribution in [0.25, 0.3) is 10.8 Å². The van der Waals surface area contributed by atoms with Crippen molar-refractivity contribution in [2.24, 2.45) is 0 Å². The minimum Gasteiger partial charge on any atom is -0.457 e. The Morgan fingerprint density at radius 3 is 2.28 bits per heavy atom. The Morgan fingerprint density at radius 1 is 0.861 bits per heavy atom. The lowest BCUT2D eigenvalue weighted by atomic mass is 10.0. The molecule has 1 N–H and O–H groups in total. The van der Waals surface area contributed by atoms with Crippen LogP contribution in [0, 0.1) is 0 Å². The van der Waals surface area contributed by atoms with Crippen molar-refractivity contribution >= 4 is 38.1 Å². The van der Waals surface area contributed by atoms with E-state index in [1.165, 1.54) is 27.1 Å². The van der Waals surface area contributed by atoms with Gasteiger partial charge in [0.05, 0.1) is 11.9 Å². The van der Waals surface area contributed by atoms with Crippen molar-refractivity contribution in [2.45, 2.75) is 25.7 Å². The van der Waals surface area contributed by atoms with E-state index in [0.29, 0.717) is 23.6 Å². The molecule has 1 aliphatic carbocycles. The Kier molecular flexibility index (Phi) is 6.65. The second kappa shape index (κ2) is 10.0. The van der Waals surface area contributed by atoms with E-state index in [2.05, 4.69) is 17.4 Å². The van der Waals surface area contributed by atoms with E-state index in [-0.39, 0.29) is 18.9 Å². The van der Waals surface area contributed by atoms with Crippen molar-refractivity contribution in [3.63, 3.8) is 0 Å². The van der Waals surface area contributed by atoms with Gasteiger partial charge in [0.15, 0.2) is 0 Å². The normalized spacial score (nSPS) is 12.5. The summed E-state index contributed by atoms with van der Waals surface area (Å²) >= 11 is 0. The zero-order valence-electron chi connectivity index (χ0n) is 20.1. The fraction of sp³-hybridized carbons (Fsp3) is 0.207. The summed E-state index contributed by atoms with van der Waals surface area (Å²) in [6, 6.07) is 26.6. The molecule has 0 aromatic heterocycles. The van der Waals surface area contributed by atoms with Gasteiger partial charge in [0, 0.05) is 24.0 Å². The highest BCUT2D eigenvalue weighted by Gasteiger charge is 2.19. The van der Waals surface area contributed by atoms with Gasteiger partial charge in [-0.3, -0.25) is 9.10 Å². The molecule has 0 bridgehead atoms. The Bertz CT molecular complexity index is 1490. The number of hydrogen-bond acceptors (Lipinski definition) is 4. The number of amides is 1. The lowest BCUT2D eigenvalue weighted by molar-refractivity contribution is -0.116. The average molecular weight is 501 g/mol. The number of nitrogens with zero attached hydrogens (tertiary/aromatic N) is 1. The van der Waals surface area contributed by atoms with Crippen LogP contribution in [0.1, 0.15) is 24.0 Å². The number of para-hydroxylation sites is 1. The molecule has 1 amide bonds. The van der Waals surface area contributed by atoms with Gasteiger partial charge in [-0.25, -0.2) is 8.42 Å². The zero-order valence-corrected chi connectivity index (χ0v) is 20.9. The first-order valence-corrected chi connectivity index (χ1v) is 13.9. The van der Waals surface area contributed by atoms with Crippen LogP contribution in [0.2, 0.25) is 0 Å². The number of anilines is 2. The lowest BCUT2D eigenvalue weighted by Gasteiger charge is -2.22. The Hall–Kier alpha value is -3.84. The van der Waals surface area contributed by atoms with Crippen LogP contribution >= 0.6 is 0 Å². The summed E-state index contributed by atoms with van der Waals surface area (Å²) in [5, 5.41) is 5.34. The van der Waals surface area contributed by atoms with Gasteiger partial charge in [0.25, 0.3) is 0 Å². The van der Waals surface area contributed by atoms with Crippen molar-refractivity contribution < 1.29 is 17.9 Å². The molecule has 0 fully saturated rings. The molecule has 184 valence electrons. The number of ether oxygens (including phenoxy) is 1. The molecular formula is C29H28N2O4S. The van der Waals surface area contributed by atoms with Crippen LogP contribution in [0.3, 0.4) is 0 Å². The van der Waals surface area contributed by atoms with E-state index in [9.17, 15) is 13.2 Å². The molecule has 7 heteroatoms. The van der Waals surface area contributed by atoms with Crippen LogP contribution in [-0.4, -0.2) is 27.1 Å². The third kappa shape index (κ3) is 5.21. The highest BCUT2D eigenvalue weighted by molar-refractivity contribution is 7.92. The number of rotatable bonds is 9. The zero-order chi connectivity index (χ0) is 25.1. The molecule has 4 aromatic rings. The molecular weight excluding hydrogens is 472 g/mol. The summed E-state index contributed by atoms with van der Waals surface area (Å²) in [5.41, 5.74) is 3.98. The van der Waals surface area contributed by atoms with Crippen LogP contribution in [0.4, 0.5) is 11.4 Å². The number of carbonyl (C=O) groups excluding carboxylic acids is 1. The molecule has 4 aromatic carbocycles. The lowest BCUT2D eigenvalue weighted by Crippen LogP contribution is -2.31. The molecule has 1 aliphatic rings. The molecule has 0 radical (unpaired) electrons. The van der Waals surface area contributed by atoms with Gasteiger partial charge in [-0.1, -0.05) is 42.5 Å². The molecule has 6 nitrogen and oxygen atoms in total. The number of aryl methyl sites for hydroxylation is 2. The highest BCUT2D eigenvalue weighted by atomic mass is 32.2. The summed E-state index contributed by atoms with van der Waals surface area (Å²) in [7, 11) is -3.52. The molecule has 0 aliphatic heterocycles. The Morgan fingerprint density at radius 2 is 1.56 bits per heavy atom. The largest absolute Gasteiger partial charge is 0.457 e. The Balaban J connectivity index is 1.22. The predicted molar refractivity (Wildman–Crippen MR) is 144 cm³/mol. The summed E-state index contributed by atoms with van der Waals surface area (Å²) in [5.74, 6) is 1.19. The third-order valence-corrected chi connectivity index (χ3v) is 7.61. The molecule has 0 heterocycles. The van der Waals surface area contributed by atoms with Crippen LogP contribution in [0.15, 0.2) is 84.9 Å². The van der Waals surface area contributed by atoms with Gasteiger partial charge in [-0.2, -0.15) is 0 Å². The van der Waals surface area contributed by atoms with Crippen molar-refractivity contribution in [3.8, 4) is 11.5 Å². The second-order valence-corrected chi connectivity index (χ2v) is 10.9. The predicted octanol–water partition coefficient (Wildman–Crippen LogP) is 5.92. The maximum atomic E-state index is 12.7. The summed E-state index contributed by atoms with van der Waals surface area (Å²) in [4.78, 5) is 12.7. The van der Waals surface area contributed by atoms with Crippen molar-refractivity contribution in [2.75, 3.05) is 22.4 Å². The molecule has 5 rings (SSSR count). The first-order chi connectivity index (χ1) is 17.4. The number of nitrogens with one attached hydrogen (secondary N) is 1. The maximum Gasteiger partial charge on any atom is 0.232 e. The van der Waals surface area contributed by atoms with Crippen LogP contribution in [0.5, 0.6) is 11.5 Å². The standard InChI is InChI=1S/C29H28N2O4S/c1-36(33,34)31(23-15-17-25(18-16-23)35-24-8-3-2-4-9-24)20-6-11-28(32)30-27-19-14-22-13-12-21-7-5-10-26(27)29(21)22/h2-5,7-10,14-19H,6,11-13,20H2,1H3,(H,30,32). The fourth-order valence-corrected chi connectivity index (χ4v) is 5.71. The van der Waals surface area contributed by atoms with Crippen molar-refractivity contribution in [1.82, 2.24) is 0 Å². The van der Waals surface area contributed by atoms with Crippen molar-refractivity contribution in [1.29, 1.82) is 0 Å². The maximum absolute atomic E-state index is 12.7. The minimum absolute atomic E-state index is 0.131. The van der Waals surface area contributed by atoms with E-state index >= 15 is 0 Å². The molecule has 0 saturated carbocycles. The quantitative estimate of drug-likeness (QED) is 0.310. The number of carbonyl (C=O) groups is 1. The average Bonchev–Trinajstić information content (AvgIpc) is 3.29. The topological polar surface area (TPSA) is 75.7 Å². The van der Waals surface area contributed by atoms with Gasteiger partial charge in [0.2, 0.25) is 15.9 Å². The number of benzene rings is 4. The van der Waals surface area contributed by atoms with Gasteiger partial charge < -0.3 is 10.1 Å². The summed E-state index contributed by atoms with van der Waals surface area (Å²) in [6.45, 7) is 0.203. The molecule has 36 heavy (non-hydrogen) atoms. The van der Waals surface area contributed by atoms with E-state index in [0.717, 1.165) is 23.9 Å². The molecule has 0 spiro atoms. The van der Waals surface area contributed by atoms with E-state index in [1.54, 1.807) is 24.3 Å². The summed E-state index contributed by atoms with van der Waals surface area (Å²) < 4.78 is 32.1. The van der Waals surface area contributed by atoms with E-state index in [4.69, 9.17) is 4.74 Å². The van der Waals surface area contributed by atoms with Gasteiger partial charge in [0.1, 0.15) is 11.5 Å². The number of sulfonamides is 1. The van der Waals surface area contributed by atoms with E-state index < -0.39 is 10.0 Å². The molecule has 0 unspecified atom stereocenters. The third-order valence-electron chi connectivity index (χ3n) is 6.42. The second-order valence-electron chi connectivity index (χ2n) is 9.01. The number of hydrogen-bond donors (Lipinski definition) is 1. The monoisotopic (exact) mass is 500 g/mol. The SMILES string of the molecule is CS(=O)(=O)N(CCCC(=O)Nc1ccc2c3c(cccc13)CC2)c1ccc(Oc2ccccc2)cc1. The molecule has 0 atom stereocenters. The van der Waals surface area contributed by atoms with Crippen LogP contribution in [-0.2, 0) is 27.7 Å². The highest BCUT2D eigenvalue weighted by Crippen LogP contribution is 2.35. The first kappa shape index (κ1) is 23.9. The molecule has 0 saturated heterocycles. The first-order valence-electron chi connectivity index (χ1n) is 12.0. The Labute approximate surface area is 211 Å². The van der Waals surface area contributed by atoms with E-state index in [1.807, 2.05) is 48.5 Å².